The van der Waals surface area contributed by atoms with Crippen molar-refractivity contribution >= 4 is 37.3 Å². The van der Waals surface area contributed by atoms with Crippen LogP contribution in [0.25, 0.3) is 0 Å². The minimum Gasteiger partial charge on any atom is -0.386 e. The van der Waals surface area contributed by atoms with Crippen molar-refractivity contribution in [2.45, 2.75) is 5.03 Å². The van der Waals surface area contributed by atoms with Crippen LogP contribution in [0, 0.1) is 11.3 Å². The normalized spacial score (nSPS) is 10.7. The summed E-state index contributed by atoms with van der Waals surface area (Å²) in [7, 11) is -2.29. The molecule has 0 amide bonds. The third kappa shape index (κ3) is 3.32. The van der Waals surface area contributed by atoms with Gasteiger partial charge in [0, 0.05) is 17.7 Å². The molecule has 2 N–H and O–H groups in total. The smallest absolute Gasteiger partial charge is 0.281 e. The fraction of sp³-hybridized carbons (Fsp3) is 0.0769. The maximum Gasteiger partial charge on any atom is 0.281 e. The van der Waals surface area contributed by atoms with Crippen LogP contribution in [-0.2, 0) is 10.0 Å². The van der Waals surface area contributed by atoms with Crippen LogP contribution in [0.2, 0.25) is 0 Å². The molecule has 0 fully saturated rings. The monoisotopic (exact) mass is 366 g/mol. The number of nitriles is 1. The van der Waals surface area contributed by atoms with Crippen LogP contribution in [0.15, 0.2) is 46.0 Å². The zero-order valence-corrected chi connectivity index (χ0v) is 13.4. The average Bonchev–Trinajstić information content (AvgIpc) is 2.47. The zero-order chi connectivity index (χ0) is 15.5. The standard InChI is InChI=1S/C13H11BrN4O2S/c1-16-11-3-2-6-17-13(11)21(19,20)18-12-7-10(14)5-4-9(12)8-15/h2-7,16,18H,1H3. The SMILES string of the molecule is CNc1cccnc1S(=O)(=O)Nc1cc(Br)ccc1C#N. The highest BCUT2D eigenvalue weighted by atomic mass is 79.9. The molecule has 0 saturated heterocycles. The highest BCUT2D eigenvalue weighted by Gasteiger charge is 2.21. The molecule has 0 radical (unpaired) electrons. The van der Waals surface area contributed by atoms with Crippen LogP contribution in [0.5, 0.6) is 0 Å². The van der Waals surface area contributed by atoms with Gasteiger partial charge in [0.25, 0.3) is 10.0 Å². The Balaban J connectivity index is 2.48. The second-order valence-corrected chi connectivity index (χ2v) is 6.53. The maximum absolute atomic E-state index is 12.4. The molecule has 0 unspecified atom stereocenters. The molecular formula is C13H11BrN4O2S. The molecular weight excluding hydrogens is 356 g/mol. The first-order valence-corrected chi connectivity index (χ1v) is 8.11. The summed E-state index contributed by atoms with van der Waals surface area (Å²) in [6.07, 6.45) is 1.39. The average molecular weight is 367 g/mol. The van der Waals surface area contributed by atoms with Crippen molar-refractivity contribution in [1.82, 2.24) is 4.98 Å². The number of nitrogens with one attached hydrogen (secondary N) is 2. The second kappa shape index (κ2) is 6.11. The van der Waals surface area contributed by atoms with E-state index in [1.807, 2.05) is 6.07 Å². The Kier molecular flexibility index (Phi) is 4.45. The second-order valence-electron chi connectivity index (χ2n) is 4.01. The fourth-order valence-electron chi connectivity index (χ4n) is 1.69. The Labute approximate surface area is 131 Å². The Morgan fingerprint density at radius 3 is 2.71 bits per heavy atom. The molecule has 0 saturated carbocycles. The van der Waals surface area contributed by atoms with E-state index >= 15 is 0 Å². The highest BCUT2D eigenvalue weighted by Crippen LogP contribution is 2.25. The number of pyridine rings is 1. The number of sulfonamides is 1. The van der Waals surface area contributed by atoms with Crippen LogP contribution in [0.1, 0.15) is 5.56 Å². The van der Waals surface area contributed by atoms with Gasteiger partial charge in [0.2, 0.25) is 0 Å². The molecule has 21 heavy (non-hydrogen) atoms. The topological polar surface area (TPSA) is 94.9 Å². The molecule has 0 atom stereocenters. The van der Waals surface area contributed by atoms with Gasteiger partial charge in [0.05, 0.1) is 16.9 Å². The molecule has 0 aliphatic heterocycles. The number of hydrogen-bond donors (Lipinski definition) is 2. The summed E-state index contributed by atoms with van der Waals surface area (Å²) in [5.41, 5.74) is 0.793. The molecule has 1 aromatic heterocycles. The summed E-state index contributed by atoms with van der Waals surface area (Å²) in [5, 5.41) is 11.7. The van der Waals surface area contributed by atoms with Gasteiger partial charge >= 0.3 is 0 Å². The number of nitrogens with zero attached hydrogens (tertiary/aromatic N) is 2. The van der Waals surface area contributed by atoms with E-state index < -0.39 is 10.0 Å². The summed E-state index contributed by atoms with van der Waals surface area (Å²) < 4.78 is 27.9. The van der Waals surface area contributed by atoms with Crippen molar-refractivity contribution in [2.75, 3.05) is 17.1 Å². The number of aromatic nitrogens is 1. The van der Waals surface area contributed by atoms with Gasteiger partial charge in [-0.2, -0.15) is 13.7 Å². The van der Waals surface area contributed by atoms with Crippen LogP contribution >= 0.6 is 15.9 Å². The fourth-order valence-corrected chi connectivity index (χ4v) is 3.26. The Bertz CT molecular complexity index is 815. The largest absolute Gasteiger partial charge is 0.386 e. The first-order chi connectivity index (χ1) is 9.97. The summed E-state index contributed by atoms with van der Waals surface area (Å²) in [6.45, 7) is 0. The lowest BCUT2D eigenvalue weighted by Crippen LogP contribution is -2.17. The van der Waals surface area contributed by atoms with E-state index in [-0.39, 0.29) is 16.3 Å². The van der Waals surface area contributed by atoms with E-state index in [1.54, 1.807) is 25.2 Å². The quantitative estimate of drug-likeness (QED) is 0.866. The first-order valence-electron chi connectivity index (χ1n) is 5.83. The summed E-state index contributed by atoms with van der Waals surface area (Å²) in [5.74, 6) is 0. The lowest BCUT2D eigenvalue weighted by Gasteiger charge is -2.12. The van der Waals surface area contributed by atoms with Crippen molar-refractivity contribution in [3.63, 3.8) is 0 Å². The van der Waals surface area contributed by atoms with Crippen LogP contribution in [0.4, 0.5) is 11.4 Å². The molecule has 1 aromatic carbocycles. The minimum absolute atomic E-state index is 0.128. The van der Waals surface area contributed by atoms with E-state index in [2.05, 4.69) is 31.0 Å². The molecule has 0 bridgehead atoms. The Hall–Kier alpha value is -2.11. The number of halogens is 1. The lowest BCUT2D eigenvalue weighted by atomic mass is 10.2. The summed E-state index contributed by atoms with van der Waals surface area (Å²) >= 11 is 3.25. The summed E-state index contributed by atoms with van der Waals surface area (Å²) in [4.78, 5) is 3.89. The van der Waals surface area contributed by atoms with Crippen molar-refractivity contribution in [2.24, 2.45) is 0 Å². The number of hydrogen-bond acceptors (Lipinski definition) is 5. The third-order valence-corrected chi connectivity index (χ3v) is 4.46. The first kappa shape index (κ1) is 15.3. The lowest BCUT2D eigenvalue weighted by molar-refractivity contribution is 0.598. The molecule has 8 heteroatoms. The van der Waals surface area contributed by atoms with E-state index in [4.69, 9.17) is 5.26 Å². The van der Waals surface area contributed by atoms with Crippen molar-refractivity contribution in [3.05, 3.63) is 46.6 Å². The van der Waals surface area contributed by atoms with Gasteiger partial charge in [0.1, 0.15) is 6.07 Å². The van der Waals surface area contributed by atoms with Crippen LogP contribution < -0.4 is 10.0 Å². The Morgan fingerprint density at radius 1 is 1.29 bits per heavy atom. The summed E-state index contributed by atoms with van der Waals surface area (Å²) in [6, 6.07) is 9.89. The van der Waals surface area contributed by atoms with Crippen molar-refractivity contribution in [3.8, 4) is 6.07 Å². The molecule has 1 heterocycles. The predicted octanol–water partition coefficient (Wildman–Crippen LogP) is 2.56. The molecule has 0 spiro atoms. The molecule has 2 aromatic rings. The van der Waals surface area contributed by atoms with Crippen molar-refractivity contribution < 1.29 is 8.42 Å². The maximum atomic E-state index is 12.4. The van der Waals surface area contributed by atoms with E-state index in [0.29, 0.717) is 10.2 Å². The predicted molar refractivity (Wildman–Crippen MR) is 83.4 cm³/mol. The molecule has 0 aliphatic carbocycles. The van der Waals surface area contributed by atoms with E-state index in [0.717, 1.165) is 0 Å². The zero-order valence-electron chi connectivity index (χ0n) is 11.0. The highest BCUT2D eigenvalue weighted by molar-refractivity contribution is 9.10. The number of anilines is 2. The van der Waals surface area contributed by atoms with Gasteiger partial charge in [-0.25, -0.2) is 4.98 Å². The molecule has 108 valence electrons. The van der Waals surface area contributed by atoms with Gasteiger partial charge in [-0.15, -0.1) is 0 Å². The Morgan fingerprint density at radius 2 is 2.05 bits per heavy atom. The van der Waals surface area contributed by atoms with Gasteiger partial charge in [-0.05, 0) is 30.3 Å². The van der Waals surface area contributed by atoms with Gasteiger partial charge in [-0.1, -0.05) is 15.9 Å². The van der Waals surface area contributed by atoms with Gasteiger partial charge < -0.3 is 5.32 Å². The van der Waals surface area contributed by atoms with E-state index in [9.17, 15) is 8.42 Å². The molecule has 6 nitrogen and oxygen atoms in total. The van der Waals surface area contributed by atoms with Crippen LogP contribution in [0.3, 0.4) is 0 Å². The van der Waals surface area contributed by atoms with Crippen molar-refractivity contribution in [1.29, 1.82) is 5.26 Å². The third-order valence-electron chi connectivity index (χ3n) is 2.64. The molecule has 2 rings (SSSR count). The van der Waals surface area contributed by atoms with Gasteiger partial charge in [-0.3, -0.25) is 4.72 Å². The molecule has 0 aliphatic rings. The van der Waals surface area contributed by atoms with E-state index in [1.165, 1.54) is 18.3 Å². The van der Waals surface area contributed by atoms with Crippen LogP contribution in [-0.4, -0.2) is 20.4 Å². The number of benzene rings is 1. The minimum atomic E-state index is -3.90. The number of rotatable bonds is 4. The van der Waals surface area contributed by atoms with Gasteiger partial charge in [0.15, 0.2) is 5.03 Å².